The molecule has 3 rings (SSSR count). The van der Waals surface area contributed by atoms with Gasteiger partial charge in [-0.3, -0.25) is 4.79 Å². The first-order valence-electron chi connectivity index (χ1n) is 7.88. The number of nitrogens with zero attached hydrogens (tertiary/aromatic N) is 1. The van der Waals surface area contributed by atoms with E-state index in [9.17, 15) is 4.79 Å². The van der Waals surface area contributed by atoms with Gasteiger partial charge in [0.1, 0.15) is 5.01 Å². The fraction of sp³-hybridized carbons (Fsp3) is 0.158. The fourth-order valence-electron chi connectivity index (χ4n) is 2.31. The first-order chi connectivity index (χ1) is 12.5. The molecule has 0 saturated heterocycles. The molecule has 1 amide bonds. The van der Waals surface area contributed by atoms with Gasteiger partial charge in [0.2, 0.25) is 5.91 Å². The average molecular weight is 423 g/mol. The van der Waals surface area contributed by atoms with Crippen LogP contribution < -0.4 is 5.32 Å². The lowest BCUT2D eigenvalue weighted by molar-refractivity contribution is -0.115. The van der Waals surface area contributed by atoms with Crippen LogP contribution in [0.3, 0.4) is 0 Å². The standard InChI is InChI=1S/C19H16Cl2N2OS2/c1-12-5-2-3-8-16(12)23-17(24)9-18-22-13(10-25-18)11-26-19-14(20)6-4-7-15(19)21/h2-8,10H,9,11H2,1H3,(H,23,24). The smallest absolute Gasteiger partial charge is 0.231 e. The molecule has 0 aliphatic carbocycles. The van der Waals surface area contributed by atoms with Gasteiger partial charge >= 0.3 is 0 Å². The number of carbonyl (C=O) groups is 1. The minimum Gasteiger partial charge on any atom is -0.325 e. The monoisotopic (exact) mass is 422 g/mol. The van der Waals surface area contributed by atoms with E-state index >= 15 is 0 Å². The van der Waals surface area contributed by atoms with E-state index < -0.39 is 0 Å². The number of rotatable bonds is 6. The second kappa shape index (κ2) is 8.91. The molecule has 0 saturated carbocycles. The molecule has 0 fully saturated rings. The van der Waals surface area contributed by atoms with Crippen LogP contribution in [0.4, 0.5) is 5.69 Å². The Kier molecular flexibility index (Phi) is 6.59. The first-order valence-corrected chi connectivity index (χ1v) is 10.5. The van der Waals surface area contributed by atoms with E-state index in [1.54, 1.807) is 11.8 Å². The number of aryl methyl sites for hydroxylation is 1. The summed E-state index contributed by atoms with van der Waals surface area (Å²) in [7, 11) is 0. The van der Waals surface area contributed by atoms with Crippen LogP contribution >= 0.6 is 46.3 Å². The van der Waals surface area contributed by atoms with Gasteiger partial charge in [-0.1, -0.05) is 47.5 Å². The maximum Gasteiger partial charge on any atom is 0.231 e. The second-order valence-corrected chi connectivity index (χ2v) is 8.35. The van der Waals surface area contributed by atoms with E-state index in [4.69, 9.17) is 23.2 Å². The van der Waals surface area contributed by atoms with E-state index in [1.165, 1.54) is 11.3 Å². The Hall–Kier alpha value is -1.53. The van der Waals surface area contributed by atoms with E-state index in [0.717, 1.165) is 26.8 Å². The largest absolute Gasteiger partial charge is 0.325 e. The maximum absolute atomic E-state index is 12.2. The highest BCUT2D eigenvalue weighted by Crippen LogP contribution is 2.35. The molecule has 0 atom stereocenters. The average Bonchev–Trinajstić information content (AvgIpc) is 3.04. The molecule has 0 aliphatic rings. The van der Waals surface area contributed by atoms with Crippen LogP contribution in [0.25, 0.3) is 0 Å². The summed E-state index contributed by atoms with van der Waals surface area (Å²) in [6.07, 6.45) is 0.260. The number of thiazole rings is 1. The summed E-state index contributed by atoms with van der Waals surface area (Å²) >= 11 is 15.4. The third kappa shape index (κ3) is 5.01. The van der Waals surface area contributed by atoms with Crippen LogP contribution in [0.1, 0.15) is 16.3 Å². The van der Waals surface area contributed by atoms with Crippen molar-refractivity contribution in [3.63, 3.8) is 0 Å². The van der Waals surface area contributed by atoms with Crippen molar-refractivity contribution in [3.05, 3.63) is 74.2 Å². The molecular formula is C19H16Cl2N2OS2. The Morgan fingerprint density at radius 2 is 1.88 bits per heavy atom. The molecule has 1 aromatic heterocycles. The molecule has 3 nitrogen and oxygen atoms in total. The molecule has 0 spiro atoms. The van der Waals surface area contributed by atoms with Gasteiger partial charge in [-0.2, -0.15) is 0 Å². The third-order valence-corrected chi connectivity index (χ3v) is 6.53. The molecule has 7 heteroatoms. The van der Waals surface area contributed by atoms with Crippen molar-refractivity contribution in [2.45, 2.75) is 24.0 Å². The summed E-state index contributed by atoms with van der Waals surface area (Å²) in [6, 6.07) is 13.2. The topological polar surface area (TPSA) is 42.0 Å². The molecule has 134 valence electrons. The highest BCUT2D eigenvalue weighted by molar-refractivity contribution is 7.98. The molecule has 2 aromatic carbocycles. The highest BCUT2D eigenvalue weighted by Gasteiger charge is 2.11. The molecular weight excluding hydrogens is 407 g/mol. The normalized spacial score (nSPS) is 10.7. The number of anilines is 1. The van der Waals surface area contributed by atoms with Crippen molar-refractivity contribution < 1.29 is 4.79 Å². The van der Waals surface area contributed by atoms with E-state index in [0.29, 0.717) is 15.8 Å². The Morgan fingerprint density at radius 3 is 2.62 bits per heavy atom. The van der Waals surface area contributed by atoms with Gasteiger partial charge in [0.15, 0.2) is 0 Å². The van der Waals surface area contributed by atoms with Gasteiger partial charge in [0.25, 0.3) is 0 Å². The number of hydrogen-bond acceptors (Lipinski definition) is 4. The van der Waals surface area contributed by atoms with Crippen molar-refractivity contribution in [1.29, 1.82) is 0 Å². The Bertz CT molecular complexity index is 907. The third-order valence-electron chi connectivity index (χ3n) is 3.61. The SMILES string of the molecule is Cc1ccccc1NC(=O)Cc1nc(CSc2c(Cl)cccc2Cl)cs1. The first kappa shape index (κ1) is 19.2. The lowest BCUT2D eigenvalue weighted by Crippen LogP contribution is -2.15. The number of amides is 1. The van der Waals surface area contributed by atoms with Crippen LogP contribution in [-0.4, -0.2) is 10.9 Å². The van der Waals surface area contributed by atoms with Gasteiger partial charge in [-0.25, -0.2) is 4.98 Å². The van der Waals surface area contributed by atoms with E-state index in [-0.39, 0.29) is 12.3 Å². The number of halogens is 2. The van der Waals surface area contributed by atoms with Crippen LogP contribution in [0, 0.1) is 6.92 Å². The Morgan fingerprint density at radius 1 is 1.15 bits per heavy atom. The van der Waals surface area contributed by atoms with Crippen molar-refractivity contribution in [2.24, 2.45) is 0 Å². The minimum atomic E-state index is -0.0676. The number of thioether (sulfide) groups is 1. The maximum atomic E-state index is 12.2. The number of benzene rings is 2. The van der Waals surface area contributed by atoms with Gasteiger partial charge in [0.05, 0.1) is 22.2 Å². The Balaban J connectivity index is 1.58. The summed E-state index contributed by atoms with van der Waals surface area (Å²) in [5.41, 5.74) is 2.78. The number of para-hydroxylation sites is 1. The Labute approximate surface area is 170 Å². The van der Waals surface area contributed by atoms with Gasteiger partial charge in [0, 0.05) is 21.7 Å². The predicted molar refractivity (Wildman–Crippen MR) is 112 cm³/mol. The zero-order valence-corrected chi connectivity index (χ0v) is 17.1. The quantitative estimate of drug-likeness (QED) is 0.478. The lowest BCUT2D eigenvalue weighted by Gasteiger charge is -2.06. The summed E-state index contributed by atoms with van der Waals surface area (Å²) in [5.74, 6) is 0.585. The molecule has 0 bridgehead atoms. The lowest BCUT2D eigenvalue weighted by atomic mass is 10.2. The van der Waals surface area contributed by atoms with E-state index in [1.807, 2.05) is 54.8 Å². The van der Waals surface area contributed by atoms with Crippen molar-refractivity contribution in [3.8, 4) is 0 Å². The number of nitrogens with one attached hydrogen (secondary N) is 1. The van der Waals surface area contributed by atoms with Gasteiger partial charge in [-0.05, 0) is 30.7 Å². The zero-order valence-electron chi connectivity index (χ0n) is 14.0. The zero-order chi connectivity index (χ0) is 18.5. The van der Waals surface area contributed by atoms with Crippen molar-refractivity contribution >= 4 is 57.9 Å². The molecule has 26 heavy (non-hydrogen) atoms. The van der Waals surface area contributed by atoms with Crippen LogP contribution in [-0.2, 0) is 17.0 Å². The summed E-state index contributed by atoms with van der Waals surface area (Å²) < 4.78 is 0. The van der Waals surface area contributed by atoms with Crippen molar-refractivity contribution in [1.82, 2.24) is 4.98 Å². The van der Waals surface area contributed by atoms with Crippen LogP contribution in [0.15, 0.2) is 52.7 Å². The highest BCUT2D eigenvalue weighted by atomic mass is 35.5. The fourth-order valence-corrected chi connectivity index (χ4v) is 4.78. The van der Waals surface area contributed by atoms with E-state index in [2.05, 4.69) is 10.3 Å². The number of aromatic nitrogens is 1. The molecule has 0 aliphatic heterocycles. The number of carbonyl (C=O) groups excluding carboxylic acids is 1. The molecule has 0 radical (unpaired) electrons. The summed E-state index contributed by atoms with van der Waals surface area (Å²) in [6.45, 7) is 1.97. The van der Waals surface area contributed by atoms with Crippen LogP contribution in [0.2, 0.25) is 10.0 Å². The summed E-state index contributed by atoms with van der Waals surface area (Å²) in [4.78, 5) is 17.6. The number of hydrogen-bond donors (Lipinski definition) is 1. The molecule has 1 heterocycles. The van der Waals surface area contributed by atoms with Crippen molar-refractivity contribution in [2.75, 3.05) is 5.32 Å². The predicted octanol–water partition coefficient (Wildman–Crippen LogP) is 6.23. The summed E-state index contributed by atoms with van der Waals surface area (Å²) in [5, 5.41) is 6.95. The van der Waals surface area contributed by atoms with Gasteiger partial charge in [-0.15, -0.1) is 23.1 Å². The minimum absolute atomic E-state index is 0.0676. The molecule has 3 aromatic rings. The van der Waals surface area contributed by atoms with Gasteiger partial charge < -0.3 is 5.32 Å². The van der Waals surface area contributed by atoms with Crippen LogP contribution in [0.5, 0.6) is 0 Å². The second-order valence-electron chi connectivity index (χ2n) is 5.61. The molecule has 1 N–H and O–H groups in total. The molecule has 0 unspecified atom stereocenters.